The third-order valence-corrected chi connectivity index (χ3v) is 10.5. The van der Waals surface area contributed by atoms with Gasteiger partial charge in [0.1, 0.15) is 0 Å². The molecule has 0 amide bonds. The van der Waals surface area contributed by atoms with Crippen molar-refractivity contribution in [1.29, 1.82) is 0 Å². The Morgan fingerprint density at radius 1 is 0.396 bits per heavy atom. The summed E-state index contributed by atoms with van der Waals surface area (Å²) in [5.41, 5.74) is 13.1. The van der Waals surface area contributed by atoms with Crippen molar-refractivity contribution < 1.29 is 0 Å². The highest BCUT2D eigenvalue weighted by Crippen LogP contribution is 2.51. The van der Waals surface area contributed by atoms with Crippen molar-refractivity contribution >= 4 is 32.6 Å². The van der Waals surface area contributed by atoms with E-state index in [2.05, 4.69) is 144 Å². The van der Waals surface area contributed by atoms with E-state index in [0.29, 0.717) is 17.6 Å². The normalized spacial score (nSPS) is 11.8. The molecule has 3 aromatic heterocycles. The molecule has 5 nitrogen and oxygen atoms in total. The summed E-state index contributed by atoms with van der Waals surface area (Å²) in [7, 11) is 0. The molecular formula is C48H29N5. The van der Waals surface area contributed by atoms with Crippen LogP contribution in [0.15, 0.2) is 176 Å². The van der Waals surface area contributed by atoms with Crippen LogP contribution in [0.25, 0.3) is 106 Å². The van der Waals surface area contributed by atoms with Crippen LogP contribution >= 0.6 is 0 Å². The van der Waals surface area contributed by atoms with Crippen molar-refractivity contribution in [3.63, 3.8) is 0 Å². The van der Waals surface area contributed by atoms with Crippen LogP contribution < -0.4 is 0 Å². The molecule has 0 atom stereocenters. The number of hydrogen-bond donors (Lipinski definition) is 0. The van der Waals surface area contributed by atoms with Crippen LogP contribution in [0, 0.1) is 0 Å². The summed E-state index contributed by atoms with van der Waals surface area (Å²) in [4.78, 5) is 20.4. The van der Waals surface area contributed by atoms with Gasteiger partial charge in [-0.25, -0.2) is 4.98 Å². The predicted octanol–water partition coefficient (Wildman–Crippen LogP) is 11.8. The number of benzene rings is 7. The first-order valence-electron chi connectivity index (χ1n) is 17.8. The topological polar surface area (TPSA) is 56.5 Å². The Labute approximate surface area is 305 Å². The summed E-state index contributed by atoms with van der Waals surface area (Å²) in [6, 6.07) is 57.5. The molecule has 0 bridgehead atoms. The lowest BCUT2D eigenvalue weighted by atomic mass is 9.92. The van der Waals surface area contributed by atoms with E-state index in [-0.39, 0.29) is 0 Å². The molecular weight excluding hydrogens is 647 g/mol. The molecule has 0 N–H and O–H groups in total. The summed E-state index contributed by atoms with van der Waals surface area (Å²) < 4.78 is 2.24. The second kappa shape index (κ2) is 11.7. The Balaban J connectivity index is 1.24. The first-order valence-corrected chi connectivity index (χ1v) is 17.8. The lowest BCUT2D eigenvalue weighted by Gasteiger charge is -2.16. The fourth-order valence-electron chi connectivity index (χ4n) is 8.13. The van der Waals surface area contributed by atoms with Gasteiger partial charge in [0, 0.05) is 45.4 Å². The number of aromatic nitrogens is 5. The maximum absolute atomic E-state index is 5.31. The zero-order valence-electron chi connectivity index (χ0n) is 28.5. The van der Waals surface area contributed by atoms with Crippen molar-refractivity contribution in [3.8, 4) is 73.2 Å². The molecule has 0 saturated heterocycles. The molecule has 5 heteroatoms. The van der Waals surface area contributed by atoms with Gasteiger partial charge in [-0.15, -0.1) is 0 Å². The van der Waals surface area contributed by atoms with E-state index in [9.17, 15) is 0 Å². The van der Waals surface area contributed by atoms with E-state index in [1.165, 1.54) is 27.5 Å². The molecule has 0 spiro atoms. The standard InChI is InChI=1S/C48H29N5/c1-3-11-30(12-4-1)31-21-23-34(24-22-31)47-50-46(33-13-5-2-6-14-33)51-48(52-47)53-42-20-8-7-17-36(42)40-26-25-39-38-19-10-16-32-15-9-18-37(43(32)38)35-27-28-49-29-41(35)44(39)45(40)53/h1-29H. The first kappa shape index (κ1) is 29.5. The number of fused-ring (bicyclic) bond motifs is 9. The highest BCUT2D eigenvalue weighted by atomic mass is 15.2. The maximum atomic E-state index is 5.31. The molecule has 0 aliphatic heterocycles. The van der Waals surface area contributed by atoms with Gasteiger partial charge >= 0.3 is 0 Å². The number of hydrogen-bond acceptors (Lipinski definition) is 4. The minimum atomic E-state index is 0.561. The van der Waals surface area contributed by atoms with Crippen LogP contribution in [-0.4, -0.2) is 24.5 Å². The van der Waals surface area contributed by atoms with E-state index in [1.807, 2.05) is 36.7 Å². The smallest absolute Gasteiger partial charge is 0.238 e. The SMILES string of the molecule is c1ccc(-c2ccc(-c3nc(-c4ccccc4)nc(-n4c5ccccc5c5ccc6c(c54)-c4cnccc4-c4cccc5cccc-6c45)n3)cc2)cc1. The zero-order chi connectivity index (χ0) is 34.9. The Hall–Kier alpha value is -7.24. The fraction of sp³-hybridized carbons (Fsp3) is 0. The summed E-state index contributed by atoms with van der Waals surface area (Å²) >= 11 is 0. The molecule has 246 valence electrons. The van der Waals surface area contributed by atoms with Crippen LogP contribution in [-0.2, 0) is 0 Å². The lowest BCUT2D eigenvalue weighted by molar-refractivity contribution is 0.954. The molecule has 53 heavy (non-hydrogen) atoms. The van der Waals surface area contributed by atoms with Crippen molar-refractivity contribution in [2.45, 2.75) is 0 Å². The first-order chi connectivity index (χ1) is 26.3. The van der Waals surface area contributed by atoms with Crippen LogP contribution in [0.1, 0.15) is 0 Å². The van der Waals surface area contributed by atoms with Gasteiger partial charge in [-0.2, -0.15) is 9.97 Å². The summed E-state index contributed by atoms with van der Waals surface area (Å²) in [6.07, 6.45) is 3.91. The Morgan fingerprint density at radius 2 is 1.02 bits per heavy atom. The largest absolute Gasteiger partial charge is 0.277 e. The summed E-state index contributed by atoms with van der Waals surface area (Å²) in [5, 5.41) is 4.72. The number of nitrogens with zero attached hydrogens (tertiary/aromatic N) is 5. The maximum Gasteiger partial charge on any atom is 0.238 e. The van der Waals surface area contributed by atoms with Gasteiger partial charge in [-0.3, -0.25) is 9.55 Å². The third-order valence-electron chi connectivity index (χ3n) is 10.5. The second-order valence-corrected chi connectivity index (χ2v) is 13.5. The highest BCUT2D eigenvalue weighted by molar-refractivity contribution is 6.21. The second-order valence-electron chi connectivity index (χ2n) is 13.5. The van der Waals surface area contributed by atoms with Gasteiger partial charge in [0.25, 0.3) is 0 Å². The summed E-state index contributed by atoms with van der Waals surface area (Å²) in [6.45, 7) is 0. The molecule has 10 aromatic rings. The summed E-state index contributed by atoms with van der Waals surface area (Å²) in [5.74, 6) is 1.79. The van der Waals surface area contributed by atoms with E-state index >= 15 is 0 Å². The zero-order valence-corrected chi connectivity index (χ0v) is 28.5. The van der Waals surface area contributed by atoms with Gasteiger partial charge in [0.2, 0.25) is 5.95 Å². The number of para-hydroxylation sites is 1. The molecule has 1 aliphatic rings. The van der Waals surface area contributed by atoms with E-state index in [1.54, 1.807) is 0 Å². The van der Waals surface area contributed by atoms with Crippen LogP contribution in [0.4, 0.5) is 0 Å². The molecule has 0 unspecified atom stereocenters. The van der Waals surface area contributed by atoms with Gasteiger partial charge < -0.3 is 0 Å². The van der Waals surface area contributed by atoms with Crippen molar-refractivity contribution in [2.24, 2.45) is 0 Å². The number of rotatable bonds is 4. The van der Waals surface area contributed by atoms with Gasteiger partial charge in [-0.05, 0) is 56.3 Å². The Kier molecular flexibility index (Phi) is 6.48. The van der Waals surface area contributed by atoms with E-state index < -0.39 is 0 Å². The fourth-order valence-corrected chi connectivity index (χ4v) is 8.13. The Bertz CT molecular complexity index is 3030. The molecule has 1 aliphatic carbocycles. The molecule has 0 fully saturated rings. The molecule has 7 aromatic carbocycles. The lowest BCUT2D eigenvalue weighted by Crippen LogP contribution is -2.07. The molecule has 0 radical (unpaired) electrons. The van der Waals surface area contributed by atoms with Crippen LogP contribution in [0.5, 0.6) is 0 Å². The quantitative estimate of drug-likeness (QED) is 0.186. The van der Waals surface area contributed by atoms with Crippen molar-refractivity contribution in [2.75, 3.05) is 0 Å². The van der Waals surface area contributed by atoms with E-state index in [0.717, 1.165) is 60.8 Å². The minimum Gasteiger partial charge on any atom is -0.277 e. The minimum absolute atomic E-state index is 0.561. The van der Waals surface area contributed by atoms with Crippen LogP contribution in [0.2, 0.25) is 0 Å². The van der Waals surface area contributed by atoms with Gasteiger partial charge in [-0.1, -0.05) is 152 Å². The number of pyridine rings is 1. The van der Waals surface area contributed by atoms with Crippen LogP contribution in [0.3, 0.4) is 0 Å². The average Bonchev–Trinajstić information content (AvgIpc) is 3.52. The van der Waals surface area contributed by atoms with Crippen molar-refractivity contribution in [1.82, 2.24) is 24.5 Å². The Morgan fingerprint density at radius 3 is 1.77 bits per heavy atom. The third kappa shape index (κ3) is 4.57. The molecule has 3 heterocycles. The average molecular weight is 676 g/mol. The molecule has 0 saturated carbocycles. The molecule has 11 rings (SSSR count). The van der Waals surface area contributed by atoms with Gasteiger partial charge in [0.05, 0.1) is 11.0 Å². The van der Waals surface area contributed by atoms with Crippen molar-refractivity contribution in [3.05, 3.63) is 176 Å². The van der Waals surface area contributed by atoms with Gasteiger partial charge in [0.15, 0.2) is 11.6 Å². The van der Waals surface area contributed by atoms with E-state index in [4.69, 9.17) is 19.9 Å². The predicted molar refractivity (Wildman–Crippen MR) is 216 cm³/mol. The highest BCUT2D eigenvalue weighted by Gasteiger charge is 2.27. The monoisotopic (exact) mass is 675 g/mol.